The Labute approximate surface area is 100 Å². The SMILES string of the molecule is N#CCn1cccc(CN2CCNCC2)c1=O. The molecular weight excluding hydrogens is 216 g/mol. The molecule has 1 aliphatic heterocycles. The van der Waals surface area contributed by atoms with Gasteiger partial charge in [-0.05, 0) is 6.07 Å². The first-order valence-electron chi connectivity index (χ1n) is 5.79. The summed E-state index contributed by atoms with van der Waals surface area (Å²) in [4.78, 5) is 14.3. The molecule has 90 valence electrons. The first-order chi connectivity index (χ1) is 8.31. The molecule has 0 unspecified atom stereocenters. The molecule has 1 N–H and O–H groups in total. The summed E-state index contributed by atoms with van der Waals surface area (Å²) < 4.78 is 1.46. The minimum absolute atomic E-state index is 0.0485. The second-order valence-corrected chi connectivity index (χ2v) is 4.15. The lowest BCUT2D eigenvalue weighted by atomic mass is 10.2. The van der Waals surface area contributed by atoms with E-state index in [1.54, 1.807) is 6.20 Å². The highest BCUT2D eigenvalue weighted by molar-refractivity contribution is 5.11. The molecule has 0 bridgehead atoms. The Balaban J connectivity index is 2.12. The monoisotopic (exact) mass is 232 g/mol. The summed E-state index contributed by atoms with van der Waals surface area (Å²) in [6, 6.07) is 5.67. The van der Waals surface area contributed by atoms with E-state index in [2.05, 4.69) is 10.2 Å². The van der Waals surface area contributed by atoms with Crippen molar-refractivity contribution in [3.05, 3.63) is 34.2 Å². The number of nitriles is 1. The maximum absolute atomic E-state index is 12.0. The van der Waals surface area contributed by atoms with E-state index in [-0.39, 0.29) is 12.1 Å². The normalized spacial score (nSPS) is 16.6. The van der Waals surface area contributed by atoms with Crippen molar-refractivity contribution in [2.24, 2.45) is 0 Å². The van der Waals surface area contributed by atoms with Crippen molar-refractivity contribution in [2.45, 2.75) is 13.1 Å². The first-order valence-corrected chi connectivity index (χ1v) is 5.79. The van der Waals surface area contributed by atoms with Crippen LogP contribution in [0.15, 0.2) is 23.1 Å². The fourth-order valence-electron chi connectivity index (χ4n) is 2.02. The highest BCUT2D eigenvalue weighted by Crippen LogP contribution is 2.01. The number of nitrogens with zero attached hydrogens (tertiary/aromatic N) is 3. The van der Waals surface area contributed by atoms with Crippen LogP contribution in [0.5, 0.6) is 0 Å². The van der Waals surface area contributed by atoms with Gasteiger partial charge in [0.1, 0.15) is 6.54 Å². The van der Waals surface area contributed by atoms with Crippen LogP contribution in [0.3, 0.4) is 0 Å². The molecule has 2 rings (SSSR count). The molecule has 5 nitrogen and oxygen atoms in total. The van der Waals surface area contributed by atoms with Crippen LogP contribution in [0.25, 0.3) is 0 Å². The van der Waals surface area contributed by atoms with E-state index >= 15 is 0 Å². The summed E-state index contributed by atoms with van der Waals surface area (Å²) in [6.45, 7) is 4.67. The van der Waals surface area contributed by atoms with Crippen molar-refractivity contribution in [3.63, 3.8) is 0 Å². The molecule has 1 aromatic heterocycles. The summed E-state index contributed by atoms with van der Waals surface area (Å²) in [6.07, 6.45) is 1.66. The number of hydrogen-bond donors (Lipinski definition) is 1. The Kier molecular flexibility index (Phi) is 3.91. The molecule has 2 heterocycles. The van der Waals surface area contributed by atoms with E-state index in [1.165, 1.54) is 4.57 Å². The average Bonchev–Trinajstić information content (AvgIpc) is 2.36. The third-order valence-corrected chi connectivity index (χ3v) is 2.94. The van der Waals surface area contributed by atoms with Crippen molar-refractivity contribution in [1.29, 1.82) is 5.26 Å². The molecule has 17 heavy (non-hydrogen) atoms. The second kappa shape index (κ2) is 5.62. The largest absolute Gasteiger partial charge is 0.314 e. The maximum atomic E-state index is 12.0. The third-order valence-electron chi connectivity index (χ3n) is 2.94. The Bertz CT molecular complexity index is 468. The Morgan fingerprint density at radius 3 is 2.88 bits per heavy atom. The summed E-state index contributed by atoms with van der Waals surface area (Å²) in [5.41, 5.74) is 0.720. The van der Waals surface area contributed by atoms with E-state index in [0.717, 1.165) is 31.7 Å². The molecule has 0 radical (unpaired) electrons. The number of pyridine rings is 1. The maximum Gasteiger partial charge on any atom is 0.255 e. The van der Waals surface area contributed by atoms with Gasteiger partial charge in [0.05, 0.1) is 6.07 Å². The fourth-order valence-corrected chi connectivity index (χ4v) is 2.02. The van der Waals surface area contributed by atoms with Crippen molar-refractivity contribution in [3.8, 4) is 6.07 Å². The summed E-state index contributed by atoms with van der Waals surface area (Å²) >= 11 is 0. The predicted octanol–water partition coefficient (Wildman–Crippen LogP) is -0.223. The van der Waals surface area contributed by atoms with Gasteiger partial charge < -0.3 is 9.88 Å². The number of piperazine rings is 1. The minimum Gasteiger partial charge on any atom is -0.314 e. The number of nitrogens with one attached hydrogen (secondary N) is 1. The van der Waals surface area contributed by atoms with Crippen LogP contribution >= 0.6 is 0 Å². The Morgan fingerprint density at radius 1 is 1.41 bits per heavy atom. The predicted molar refractivity (Wildman–Crippen MR) is 64.5 cm³/mol. The highest BCUT2D eigenvalue weighted by Gasteiger charge is 2.12. The first kappa shape index (κ1) is 11.8. The Hall–Kier alpha value is -1.64. The van der Waals surface area contributed by atoms with Gasteiger partial charge >= 0.3 is 0 Å². The zero-order valence-corrected chi connectivity index (χ0v) is 9.72. The zero-order chi connectivity index (χ0) is 12.1. The summed E-state index contributed by atoms with van der Waals surface area (Å²) in [7, 11) is 0. The zero-order valence-electron chi connectivity index (χ0n) is 9.72. The van der Waals surface area contributed by atoms with Crippen LogP contribution in [0.2, 0.25) is 0 Å². The fraction of sp³-hybridized carbons (Fsp3) is 0.500. The molecule has 0 amide bonds. The van der Waals surface area contributed by atoms with E-state index in [9.17, 15) is 4.79 Å². The molecule has 0 saturated carbocycles. The smallest absolute Gasteiger partial charge is 0.255 e. The quantitative estimate of drug-likeness (QED) is 0.782. The lowest BCUT2D eigenvalue weighted by molar-refractivity contribution is 0.232. The van der Waals surface area contributed by atoms with Gasteiger partial charge in [0, 0.05) is 44.5 Å². The summed E-state index contributed by atoms with van der Waals surface area (Å²) in [5, 5.41) is 11.9. The van der Waals surface area contributed by atoms with Crippen LogP contribution in [0.4, 0.5) is 0 Å². The molecule has 1 saturated heterocycles. The van der Waals surface area contributed by atoms with Gasteiger partial charge in [0.2, 0.25) is 0 Å². The number of aromatic nitrogens is 1. The van der Waals surface area contributed by atoms with Crippen LogP contribution in [-0.2, 0) is 13.1 Å². The molecule has 0 aromatic carbocycles. The van der Waals surface area contributed by atoms with Gasteiger partial charge in [0.25, 0.3) is 5.56 Å². The van der Waals surface area contributed by atoms with Crippen LogP contribution in [0, 0.1) is 11.3 Å². The van der Waals surface area contributed by atoms with E-state index < -0.39 is 0 Å². The molecule has 0 aliphatic carbocycles. The van der Waals surface area contributed by atoms with Crippen LogP contribution < -0.4 is 10.9 Å². The van der Waals surface area contributed by atoms with Gasteiger partial charge in [0.15, 0.2) is 0 Å². The molecule has 1 fully saturated rings. The molecule has 1 aliphatic rings. The average molecular weight is 232 g/mol. The topological polar surface area (TPSA) is 61.1 Å². The van der Waals surface area contributed by atoms with Crippen molar-refractivity contribution in [1.82, 2.24) is 14.8 Å². The van der Waals surface area contributed by atoms with Crippen molar-refractivity contribution < 1.29 is 0 Å². The molecular formula is C12H16N4O. The highest BCUT2D eigenvalue weighted by atomic mass is 16.1. The standard InChI is InChI=1S/C12H16N4O/c13-3-7-16-6-1-2-11(12(16)17)10-15-8-4-14-5-9-15/h1-2,6,14H,4-5,7-10H2. The van der Waals surface area contributed by atoms with Gasteiger partial charge in [-0.25, -0.2) is 0 Å². The molecule has 0 spiro atoms. The van der Waals surface area contributed by atoms with Gasteiger partial charge in [-0.15, -0.1) is 0 Å². The molecule has 1 aromatic rings. The third kappa shape index (κ3) is 2.93. The summed E-state index contributed by atoms with van der Waals surface area (Å²) in [5.74, 6) is 0. The lowest BCUT2D eigenvalue weighted by Gasteiger charge is -2.26. The Morgan fingerprint density at radius 2 is 2.18 bits per heavy atom. The number of hydrogen-bond acceptors (Lipinski definition) is 4. The molecule has 0 atom stereocenters. The minimum atomic E-state index is -0.0485. The van der Waals surface area contributed by atoms with Crippen LogP contribution in [-0.4, -0.2) is 35.6 Å². The lowest BCUT2D eigenvalue weighted by Crippen LogP contribution is -2.43. The van der Waals surface area contributed by atoms with Gasteiger partial charge in [-0.3, -0.25) is 9.69 Å². The van der Waals surface area contributed by atoms with E-state index in [4.69, 9.17) is 5.26 Å². The van der Waals surface area contributed by atoms with Crippen molar-refractivity contribution in [2.75, 3.05) is 26.2 Å². The van der Waals surface area contributed by atoms with Crippen molar-refractivity contribution >= 4 is 0 Å². The van der Waals surface area contributed by atoms with E-state index in [1.807, 2.05) is 18.2 Å². The second-order valence-electron chi connectivity index (χ2n) is 4.15. The van der Waals surface area contributed by atoms with Gasteiger partial charge in [-0.1, -0.05) is 6.07 Å². The van der Waals surface area contributed by atoms with Crippen LogP contribution in [0.1, 0.15) is 5.56 Å². The van der Waals surface area contributed by atoms with Gasteiger partial charge in [-0.2, -0.15) is 5.26 Å². The number of rotatable bonds is 3. The molecule has 5 heteroatoms. The van der Waals surface area contributed by atoms with E-state index in [0.29, 0.717) is 6.54 Å².